The van der Waals surface area contributed by atoms with Crippen LogP contribution >= 0.6 is 15.9 Å². The summed E-state index contributed by atoms with van der Waals surface area (Å²) in [5.41, 5.74) is 1.13. The first-order valence-electron chi connectivity index (χ1n) is 5.49. The highest BCUT2D eigenvalue weighted by Gasteiger charge is 2.17. The summed E-state index contributed by atoms with van der Waals surface area (Å²) < 4.78 is 0. The molecule has 1 fully saturated rings. The fraction of sp³-hybridized carbons (Fsp3) is 0.636. The van der Waals surface area contributed by atoms with Crippen molar-refractivity contribution in [3.8, 4) is 0 Å². The van der Waals surface area contributed by atoms with E-state index in [1.807, 2.05) is 0 Å². The first-order chi connectivity index (χ1) is 7.29. The molecule has 0 bridgehead atoms. The van der Waals surface area contributed by atoms with Crippen LogP contribution in [0.4, 0.5) is 5.82 Å². The molecule has 1 aliphatic heterocycles. The maximum absolute atomic E-state index is 4.34. The second-order valence-corrected chi connectivity index (χ2v) is 5.18. The Balaban J connectivity index is 2.08. The van der Waals surface area contributed by atoms with Crippen LogP contribution in [-0.2, 0) is 6.42 Å². The van der Waals surface area contributed by atoms with Gasteiger partial charge in [0.1, 0.15) is 12.1 Å². The van der Waals surface area contributed by atoms with Gasteiger partial charge < -0.3 is 4.90 Å². The number of hydrogen-bond acceptors (Lipinski definition) is 3. The van der Waals surface area contributed by atoms with Crippen molar-refractivity contribution >= 4 is 21.7 Å². The summed E-state index contributed by atoms with van der Waals surface area (Å²) in [4.78, 5) is 11.6. The Morgan fingerprint density at radius 3 is 2.80 bits per heavy atom. The lowest BCUT2D eigenvalue weighted by Gasteiger charge is -2.30. The third kappa shape index (κ3) is 2.68. The molecule has 2 rings (SSSR count). The predicted molar refractivity (Wildman–Crippen MR) is 65.6 cm³/mol. The number of rotatable bonds is 2. The van der Waals surface area contributed by atoms with Gasteiger partial charge in [-0.05, 0) is 19.3 Å². The maximum atomic E-state index is 4.34. The molecular formula is C11H16BrN3. The molecule has 4 heteroatoms. The molecule has 3 nitrogen and oxygen atoms in total. The number of anilines is 1. The van der Waals surface area contributed by atoms with Gasteiger partial charge in [-0.25, -0.2) is 9.97 Å². The minimum atomic E-state index is 0.682. The van der Waals surface area contributed by atoms with Crippen molar-refractivity contribution in [3.05, 3.63) is 18.1 Å². The fourth-order valence-electron chi connectivity index (χ4n) is 1.83. The smallest absolute Gasteiger partial charge is 0.132 e. The highest BCUT2D eigenvalue weighted by Crippen LogP contribution is 2.21. The van der Waals surface area contributed by atoms with Crippen LogP contribution in [0.2, 0.25) is 0 Å². The summed E-state index contributed by atoms with van der Waals surface area (Å²) in [7, 11) is 0. The number of alkyl halides is 1. The van der Waals surface area contributed by atoms with Gasteiger partial charge >= 0.3 is 0 Å². The minimum absolute atomic E-state index is 0.682. The first-order valence-corrected chi connectivity index (χ1v) is 6.41. The van der Waals surface area contributed by atoms with E-state index < -0.39 is 0 Å². The third-order valence-electron chi connectivity index (χ3n) is 2.82. The standard InChI is InChI=1S/C11H16BrN3/c1-2-10-7-11(14-8-13-10)15-5-3-9(12)4-6-15/h7-9H,2-6H2,1H3. The highest BCUT2D eigenvalue weighted by atomic mass is 79.9. The van der Waals surface area contributed by atoms with E-state index in [0.29, 0.717) is 4.83 Å². The first kappa shape index (κ1) is 10.9. The van der Waals surface area contributed by atoms with E-state index in [4.69, 9.17) is 0 Å². The zero-order valence-electron chi connectivity index (χ0n) is 8.99. The molecule has 0 saturated carbocycles. The van der Waals surface area contributed by atoms with Gasteiger partial charge in [0.15, 0.2) is 0 Å². The Labute approximate surface area is 99.0 Å². The molecule has 15 heavy (non-hydrogen) atoms. The Bertz CT molecular complexity index is 321. The van der Waals surface area contributed by atoms with Gasteiger partial charge in [0.05, 0.1) is 0 Å². The summed E-state index contributed by atoms with van der Waals surface area (Å²) in [6.45, 7) is 4.31. The van der Waals surface area contributed by atoms with Crippen molar-refractivity contribution in [1.82, 2.24) is 9.97 Å². The SMILES string of the molecule is CCc1cc(N2CCC(Br)CC2)ncn1. The largest absolute Gasteiger partial charge is 0.356 e. The zero-order valence-corrected chi connectivity index (χ0v) is 10.6. The highest BCUT2D eigenvalue weighted by molar-refractivity contribution is 9.09. The summed E-state index contributed by atoms with van der Waals surface area (Å²) in [6.07, 6.45) is 5.05. The van der Waals surface area contributed by atoms with E-state index in [2.05, 4.69) is 43.8 Å². The molecule has 1 aromatic rings. The van der Waals surface area contributed by atoms with Crippen molar-refractivity contribution in [1.29, 1.82) is 0 Å². The van der Waals surface area contributed by atoms with Crippen LogP contribution in [0.1, 0.15) is 25.5 Å². The molecule has 1 aromatic heterocycles. The Morgan fingerprint density at radius 2 is 2.13 bits per heavy atom. The second kappa shape index (κ2) is 4.92. The summed E-state index contributed by atoms with van der Waals surface area (Å²) in [5, 5.41) is 0. The van der Waals surface area contributed by atoms with Crippen molar-refractivity contribution in [2.75, 3.05) is 18.0 Å². The van der Waals surface area contributed by atoms with Gasteiger partial charge in [-0.1, -0.05) is 22.9 Å². The summed E-state index contributed by atoms with van der Waals surface area (Å²) in [5.74, 6) is 1.08. The van der Waals surface area contributed by atoms with Crippen LogP contribution in [0, 0.1) is 0 Å². The van der Waals surface area contributed by atoms with Gasteiger partial charge in [0.2, 0.25) is 0 Å². The van der Waals surface area contributed by atoms with Crippen LogP contribution in [0.15, 0.2) is 12.4 Å². The molecule has 0 aromatic carbocycles. The summed E-state index contributed by atoms with van der Waals surface area (Å²) in [6, 6.07) is 2.11. The van der Waals surface area contributed by atoms with E-state index in [1.54, 1.807) is 6.33 Å². The van der Waals surface area contributed by atoms with Crippen molar-refractivity contribution in [3.63, 3.8) is 0 Å². The molecule has 0 aliphatic carbocycles. The van der Waals surface area contributed by atoms with Crippen molar-refractivity contribution in [2.45, 2.75) is 31.0 Å². The lowest BCUT2D eigenvalue weighted by molar-refractivity contribution is 0.591. The van der Waals surface area contributed by atoms with Crippen molar-refractivity contribution in [2.24, 2.45) is 0 Å². The predicted octanol–water partition coefficient (Wildman–Crippen LogP) is 2.40. The molecule has 1 saturated heterocycles. The van der Waals surface area contributed by atoms with Gasteiger partial charge in [0.25, 0.3) is 0 Å². The van der Waals surface area contributed by atoms with Crippen LogP contribution in [0.3, 0.4) is 0 Å². The maximum Gasteiger partial charge on any atom is 0.132 e. The molecule has 0 amide bonds. The molecule has 2 heterocycles. The second-order valence-electron chi connectivity index (χ2n) is 3.88. The average Bonchev–Trinajstić information content (AvgIpc) is 2.30. The molecule has 1 aliphatic rings. The lowest BCUT2D eigenvalue weighted by atomic mass is 10.1. The number of halogens is 1. The quantitative estimate of drug-likeness (QED) is 0.773. The molecule has 0 N–H and O–H groups in total. The van der Waals surface area contributed by atoms with E-state index in [-0.39, 0.29) is 0 Å². The fourth-order valence-corrected chi connectivity index (χ4v) is 2.24. The van der Waals surface area contributed by atoms with E-state index in [0.717, 1.165) is 31.0 Å². The van der Waals surface area contributed by atoms with Gasteiger partial charge in [-0.3, -0.25) is 0 Å². The van der Waals surface area contributed by atoms with E-state index in [9.17, 15) is 0 Å². The van der Waals surface area contributed by atoms with Gasteiger partial charge in [-0.15, -0.1) is 0 Å². The topological polar surface area (TPSA) is 29.0 Å². The van der Waals surface area contributed by atoms with Crippen LogP contribution in [0.25, 0.3) is 0 Å². The zero-order chi connectivity index (χ0) is 10.7. The monoisotopic (exact) mass is 269 g/mol. The molecule has 0 radical (unpaired) electrons. The lowest BCUT2D eigenvalue weighted by Crippen LogP contribution is -2.34. The molecule has 82 valence electrons. The van der Waals surface area contributed by atoms with Crippen molar-refractivity contribution < 1.29 is 0 Å². The van der Waals surface area contributed by atoms with E-state index in [1.165, 1.54) is 12.8 Å². The van der Waals surface area contributed by atoms with Gasteiger partial charge in [0, 0.05) is 29.7 Å². The number of nitrogens with zero attached hydrogens (tertiary/aromatic N) is 3. The molecule has 0 spiro atoms. The third-order valence-corrected chi connectivity index (χ3v) is 3.74. The number of piperidine rings is 1. The number of hydrogen-bond donors (Lipinski definition) is 0. The molecular weight excluding hydrogens is 254 g/mol. The summed E-state index contributed by atoms with van der Waals surface area (Å²) >= 11 is 3.66. The van der Waals surface area contributed by atoms with Crippen LogP contribution in [-0.4, -0.2) is 27.9 Å². The Hall–Kier alpha value is -0.640. The number of aromatic nitrogens is 2. The minimum Gasteiger partial charge on any atom is -0.356 e. The Kier molecular flexibility index (Phi) is 3.57. The molecule has 0 unspecified atom stereocenters. The number of aryl methyl sites for hydroxylation is 1. The van der Waals surface area contributed by atoms with Crippen LogP contribution in [0.5, 0.6) is 0 Å². The van der Waals surface area contributed by atoms with Crippen LogP contribution < -0.4 is 4.90 Å². The Morgan fingerprint density at radius 1 is 1.40 bits per heavy atom. The van der Waals surface area contributed by atoms with Gasteiger partial charge in [-0.2, -0.15) is 0 Å². The average molecular weight is 270 g/mol. The normalized spacial score (nSPS) is 18.1. The van der Waals surface area contributed by atoms with E-state index >= 15 is 0 Å². The molecule has 0 atom stereocenters.